The zero-order valence-corrected chi connectivity index (χ0v) is 14.5. The van der Waals surface area contributed by atoms with E-state index in [0.29, 0.717) is 28.0 Å². The Balaban J connectivity index is 1.64. The molecule has 0 saturated heterocycles. The summed E-state index contributed by atoms with van der Waals surface area (Å²) in [7, 11) is 1.50. The molecule has 0 aliphatic heterocycles. The maximum absolute atomic E-state index is 12.9. The van der Waals surface area contributed by atoms with E-state index in [-0.39, 0.29) is 18.2 Å². The van der Waals surface area contributed by atoms with Gasteiger partial charge in [-0.2, -0.15) is 0 Å². The molecule has 0 fully saturated rings. The lowest BCUT2D eigenvalue weighted by atomic mass is 10.3. The minimum Gasteiger partial charge on any atom is -0.495 e. The number of ether oxygens (including phenoxy) is 2. The molecule has 7 heteroatoms. The fourth-order valence-corrected chi connectivity index (χ4v) is 2.40. The van der Waals surface area contributed by atoms with Crippen molar-refractivity contribution in [1.29, 1.82) is 0 Å². The van der Waals surface area contributed by atoms with Gasteiger partial charge in [-0.25, -0.2) is 4.39 Å². The predicted octanol–water partition coefficient (Wildman–Crippen LogP) is 4.91. The summed E-state index contributed by atoms with van der Waals surface area (Å²) >= 11 is 5.95. The molecule has 1 aromatic heterocycles. The van der Waals surface area contributed by atoms with Crippen molar-refractivity contribution in [3.8, 4) is 11.5 Å². The van der Waals surface area contributed by atoms with Crippen LogP contribution in [0.4, 0.5) is 10.1 Å². The third kappa shape index (κ3) is 4.34. The molecule has 1 heterocycles. The molecule has 5 nitrogen and oxygen atoms in total. The number of amides is 1. The van der Waals surface area contributed by atoms with Gasteiger partial charge in [-0.1, -0.05) is 11.6 Å². The summed E-state index contributed by atoms with van der Waals surface area (Å²) in [6.45, 7) is 0.111. The van der Waals surface area contributed by atoms with Gasteiger partial charge in [0.2, 0.25) is 0 Å². The predicted molar refractivity (Wildman–Crippen MR) is 95.4 cm³/mol. The lowest BCUT2D eigenvalue weighted by Crippen LogP contribution is -2.11. The standard InChI is InChI=1S/C19H15ClFNO4/c1-24-17-8-2-12(20)10-16(17)22-19(23)18-9-7-15(26-18)11-25-14-5-3-13(21)4-6-14/h2-10H,11H2,1H3,(H,22,23). The van der Waals surface area contributed by atoms with Crippen LogP contribution in [0.5, 0.6) is 11.5 Å². The van der Waals surface area contributed by atoms with Gasteiger partial charge >= 0.3 is 0 Å². The van der Waals surface area contributed by atoms with Crippen LogP contribution in [-0.4, -0.2) is 13.0 Å². The minimum absolute atomic E-state index is 0.111. The van der Waals surface area contributed by atoms with Crippen molar-refractivity contribution in [2.24, 2.45) is 0 Å². The highest BCUT2D eigenvalue weighted by molar-refractivity contribution is 6.31. The summed E-state index contributed by atoms with van der Waals surface area (Å²) in [5.74, 6) is 0.762. The minimum atomic E-state index is -0.446. The van der Waals surface area contributed by atoms with Crippen molar-refractivity contribution < 1.29 is 23.1 Å². The SMILES string of the molecule is COc1ccc(Cl)cc1NC(=O)c1ccc(COc2ccc(F)cc2)o1. The Morgan fingerprint density at radius 1 is 1.15 bits per heavy atom. The first kappa shape index (κ1) is 17.8. The molecule has 26 heavy (non-hydrogen) atoms. The molecular formula is C19H15ClFNO4. The number of carbonyl (C=O) groups is 1. The van der Waals surface area contributed by atoms with Crippen LogP contribution in [0, 0.1) is 5.82 Å². The molecule has 0 aliphatic rings. The number of hydrogen-bond donors (Lipinski definition) is 1. The van der Waals surface area contributed by atoms with Crippen molar-refractivity contribution in [2.75, 3.05) is 12.4 Å². The van der Waals surface area contributed by atoms with Gasteiger partial charge in [0, 0.05) is 5.02 Å². The highest BCUT2D eigenvalue weighted by Gasteiger charge is 2.14. The van der Waals surface area contributed by atoms with Crippen LogP contribution in [0.2, 0.25) is 5.02 Å². The van der Waals surface area contributed by atoms with Gasteiger partial charge in [-0.05, 0) is 54.6 Å². The molecule has 0 spiro atoms. The van der Waals surface area contributed by atoms with Crippen LogP contribution in [0.3, 0.4) is 0 Å². The summed E-state index contributed by atoms with van der Waals surface area (Å²) in [6.07, 6.45) is 0. The van der Waals surface area contributed by atoms with E-state index in [1.807, 2.05) is 0 Å². The first-order chi connectivity index (χ1) is 12.5. The fourth-order valence-electron chi connectivity index (χ4n) is 2.22. The van der Waals surface area contributed by atoms with Crippen LogP contribution in [0.15, 0.2) is 59.0 Å². The smallest absolute Gasteiger partial charge is 0.291 e. The summed E-state index contributed by atoms with van der Waals surface area (Å²) in [6, 6.07) is 13.7. The largest absolute Gasteiger partial charge is 0.495 e. The van der Waals surface area contributed by atoms with Gasteiger partial charge in [0.05, 0.1) is 12.8 Å². The zero-order chi connectivity index (χ0) is 18.5. The molecule has 2 aromatic carbocycles. The molecule has 134 valence electrons. The van der Waals surface area contributed by atoms with Gasteiger partial charge < -0.3 is 19.2 Å². The Kier molecular flexibility index (Phi) is 5.43. The molecule has 1 N–H and O–H groups in total. The van der Waals surface area contributed by atoms with Crippen molar-refractivity contribution >= 4 is 23.2 Å². The molecular weight excluding hydrogens is 361 g/mol. The van der Waals surface area contributed by atoms with E-state index in [2.05, 4.69) is 5.32 Å². The number of nitrogens with one attached hydrogen (secondary N) is 1. The van der Waals surface area contributed by atoms with Crippen molar-refractivity contribution in [3.63, 3.8) is 0 Å². The highest BCUT2D eigenvalue weighted by Crippen LogP contribution is 2.28. The monoisotopic (exact) mass is 375 g/mol. The number of furan rings is 1. The highest BCUT2D eigenvalue weighted by atomic mass is 35.5. The average molecular weight is 376 g/mol. The molecule has 0 unspecified atom stereocenters. The van der Waals surface area contributed by atoms with Crippen molar-refractivity contribution in [3.05, 3.63) is 77.0 Å². The number of anilines is 1. The topological polar surface area (TPSA) is 60.7 Å². The summed E-state index contributed by atoms with van der Waals surface area (Å²) in [5, 5.41) is 3.15. The fraction of sp³-hybridized carbons (Fsp3) is 0.105. The second-order valence-electron chi connectivity index (χ2n) is 5.31. The number of carbonyl (C=O) groups excluding carboxylic acids is 1. The number of methoxy groups -OCH3 is 1. The first-order valence-electron chi connectivity index (χ1n) is 7.67. The molecule has 3 rings (SSSR count). The summed E-state index contributed by atoms with van der Waals surface area (Å²) < 4.78 is 29.0. The second kappa shape index (κ2) is 7.93. The summed E-state index contributed by atoms with van der Waals surface area (Å²) in [5.41, 5.74) is 0.436. The van der Waals surface area contributed by atoms with E-state index >= 15 is 0 Å². The Bertz CT molecular complexity index is 908. The van der Waals surface area contributed by atoms with Gasteiger partial charge in [0.25, 0.3) is 5.91 Å². The second-order valence-corrected chi connectivity index (χ2v) is 5.74. The maximum atomic E-state index is 12.9. The molecule has 3 aromatic rings. The van der Waals surface area contributed by atoms with E-state index in [9.17, 15) is 9.18 Å². The van der Waals surface area contributed by atoms with Crippen LogP contribution < -0.4 is 14.8 Å². The van der Waals surface area contributed by atoms with Crippen LogP contribution >= 0.6 is 11.6 Å². The van der Waals surface area contributed by atoms with Gasteiger partial charge in [-0.3, -0.25) is 4.79 Å². The Hall–Kier alpha value is -2.99. The number of benzene rings is 2. The zero-order valence-electron chi connectivity index (χ0n) is 13.8. The third-order valence-corrected chi connectivity index (χ3v) is 3.72. The maximum Gasteiger partial charge on any atom is 0.291 e. The lowest BCUT2D eigenvalue weighted by molar-refractivity contribution is 0.0992. The van der Waals surface area contributed by atoms with E-state index in [1.54, 1.807) is 24.3 Å². The van der Waals surface area contributed by atoms with E-state index in [1.165, 1.54) is 37.4 Å². The third-order valence-electron chi connectivity index (χ3n) is 3.49. The number of rotatable bonds is 6. The lowest BCUT2D eigenvalue weighted by Gasteiger charge is -2.09. The van der Waals surface area contributed by atoms with Crippen LogP contribution in [-0.2, 0) is 6.61 Å². The Morgan fingerprint density at radius 3 is 2.65 bits per heavy atom. The normalized spacial score (nSPS) is 10.4. The van der Waals surface area contributed by atoms with Gasteiger partial charge in [0.15, 0.2) is 5.76 Å². The number of hydrogen-bond acceptors (Lipinski definition) is 4. The van der Waals surface area contributed by atoms with Crippen molar-refractivity contribution in [2.45, 2.75) is 6.61 Å². The van der Waals surface area contributed by atoms with E-state index in [4.69, 9.17) is 25.5 Å². The Labute approximate surface area is 154 Å². The summed E-state index contributed by atoms with van der Waals surface area (Å²) in [4.78, 5) is 12.3. The molecule has 0 atom stereocenters. The Morgan fingerprint density at radius 2 is 1.92 bits per heavy atom. The number of halogens is 2. The molecule has 0 bridgehead atoms. The van der Waals surface area contributed by atoms with Crippen LogP contribution in [0.25, 0.3) is 0 Å². The molecule has 0 aliphatic carbocycles. The quantitative estimate of drug-likeness (QED) is 0.664. The van der Waals surface area contributed by atoms with Gasteiger partial charge in [-0.15, -0.1) is 0 Å². The van der Waals surface area contributed by atoms with Gasteiger partial charge in [0.1, 0.15) is 29.7 Å². The molecule has 0 saturated carbocycles. The molecule has 1 amide bonds. The van der Waals surface area contributed by atoms with Crippen LogP contribution in [0.1, 0.15) is 16.3 Å². The molecule has 0 radical (unpaired) electrons. The average Bonchev–Trinajstić information content (AvgIpc) is 3.11. The van der Waals surface area contributed by atoms with E-state index in [0.717, 1.165) is 0 Å². The first-order valence-corrected chi connectivity index (χ1v) is 8.05. The van der Waals surface area contributed by atoms with Crippen molar-refractivity contribution in [1.82, 2.24) is 0 Å². The van der Waals surface area contributed by atoms with E-state index < -0.39 is 5.91 Å².